The molecule has 112 valence electrons. The molecule has 0 fully saturated rings. The molecule has 0 aromatic heterocycles. The Kier molecular flexibility index (Phi) is 5.34. The van der Waals surface area contributed by atoms with E-state index < -0.39 is 10.0 Å². The van der Waals surface area contributed by atoms with Gasteiger partial charge in [-0.25, -0.2) is 13.1 Å². The lowest BCUT2D eigenvalue weighted by Crippen LogP contribution is -2.24. The molecule has 0 aliphatic rings. The fourth-order valence-electron chi connectivity index (χ4n) is 1.50. The van der Waals surface area contributed by atoms with Crippen LogP contribution in [0.1, 0.15) is 6.42 Å². The van der Waals surface area contributed by atoms with E-state index in [9.17, 15) is 13.2 Å². The third-order valence-corrected chi connectivity index (χ3v) is 4.17. The Balaban J connectivity index is 2.81. The molecule has 7 nitrogen and oxygen atoms in total. The van der Waals surface area contributed by atoms with Crippen LogP contribution in [0.2, 0.25) is 0 Å². The Morgan fingerprint density at radius 2 is 2.00 bits per heavy atom. The van der Waals surface area contributed by atoms with Crippen molar-refractivity contribution in [3.63, 3.8) is 0 Å². The van der Waals surface area contributed by atoms with E-state index in [1.165, 1.54) is 30.1 Å². The maximum atomic E-state index is 11.7. The van der Waals surface area contributed by atoms with Crippen molar-refractivity contribution in [2.45, 2.75) is 11.3 Å². The standard InChI is InChI=1S/C12H20N4O3S/c1-14-20(18,19)9-4-5-10(13)11(8-9)15-7-6-12(17)16(2)3/h4-5,8,14-15H,6-7,13H2,1-3H3. The first-order valence-electron chi connectivity index (χ1n) is 6.05. The minimum absolute atomic E-state index is 0.0185. The largest absolute Gasteiger partial charge is 0.397 e. The van der Waals surface area contributed by atoms with Gasteiger partial charge in [0.1, 0.15) is 0 Å². The first kappa shape index (κ1) is 16.3. The highest BCUT2D eigenvalue weighted by molar-refractivity contribution is 7.89. The molecule has 1 aromatic carbocycles. The number of amides is 1. The molecule has 0 saturated carbocycles. The summed E-state index contributed by atoms with van der Waals surface area (Å²) in [5, 5.41) is 2.97. The lowest BCUT2D eigenvalue weighted by Gasteiger charge is -2.13. The molecule has 0 radical (unpaired) electrons. The predicted octanol–water partition coefficient (Wildman–Crippen LogP) is 0.0671. The zero-order valence-corrected chi connectivity index (χ0v) is 12.6. The maximum absolute atomic E-state index is 11.7. The summed E-state index contributed by atoms with van der Waals surface area (Å²) in [6.45, 7) is 0.379. The van der Waals surface area contributed by atoms with Gasteiger partial charge in [-0.2, -0.15) is 0 Å². The smallest absolute Gasteiger partial charge is 0.240 e. The number of nitrogens with two attached hydrogens (primary N) is 1. The van der Waals surface area contributed by atoms with E-state index in [2.05, 4.69) is 10.0 Å². The molecule has 1 rings (SSSR count). The molecule has 0 bridgehead atoms. The summed E-state index contributed by atoms with van der Waals surface area (Å²) in [4.78, 5) is 13.1. The molecule has 0 aliphatic heterocycles. The third-order valence-electron chi connectivity index (χ3n) is 2.76. The van der Waals surface area contributed by atoms with Crippen molar-refractivity contribution in [3.8, 4) is 0 Å². The van der Waals surface area contributed by atoms with Crippen molar-refractivity contribution in [2.75, 3.05) is 38.7 Å². The molecule has 8 heteroatoms. The topological polar surface area (TPSA) is 105 Å². The lowest BCUT2D eigenvalue weighted by atomic mass is 10.2. The third kappa shape index (κ3) is 4.10. The molecule has 0 aliphatic carbocycles. The van der Waals surface area contributed by atoms with E-state index in [0.29, 0.717) is 24.3 Å². The molecule has 0 unspecified atom stereocenters. The summed E-state index contributed by atoms with van der Waals surface area (Å²) in [5.74, 6) is -0.0185. The molecule has 0 saturated heterocycles. The zero-order valence-electron chi connectivity index (χ0n) is 11.8. The molecule has 20 heavy (non-hydrogen) atoms. The van der Waals surface area contributed by atoms with Crippen LogP contribution in [0.4, 0.5) is 11.4 Å². The second-order valence-corrected chi connectivity index (χ2v) is 6.31. The second kappa shape index (κ2) is 6.58. The van der Waals surface area contributed by atoms with Gasteiger partial charge in [-0.3, -0.25) is 4.79 Å². The highest BCUT2D eigenvalue weighted by Crippen LogP contribution is 2.22. The van der Waals surface area contributed by atoms with Gasteiger partial charge in [-0.15, -0.1) is 0 Å². The van der Waals surface area contributed by atoms with Gasteiger partial charge >= 0.3 is 0 Å². The van der Waals surface area contributed by atoms with Crippen LogP contribution in [0, 0.1) is 0 Å². The van der Waals surface area contributed by atoms with E-state index >= 15 is 0 Å². The number of nitrogens with one attached hydrogen (secondary N) is 2. The average molecular weight is 300 g/mol. The van der Waals surface area contributed by atoms with E-state index in [1.54, 1.807) is 14.1 Å². The van der Waals surface area contributed by atoms with Gasteiger partial charge in [0.2, 0.25) is 15.9 Å². The predicted molar refractivity (Wildman–Crippen MR) is 78.9 cm³/mol. The Morgan fingerprint density at radius 1 is 1.35 bits per heavy atom. The van der Waals surface area contributed by atoms with Crippen molar-refractivity contribution < 1.29 is 13.2 Å². The van der Waals surface area contributed by atoms with Gasteiger partial charge in [0, 0.05) is 27.1 Å². The number of nitrogens with zero attached hydrogens (tertiary/aromatic N) is 1. The van der Waals surface area contributed by atoms with Crippen molar-refractivity contribution in [1.29, 1.82) is 0 Å². The summed E-state index contributed by atoms with van der Waals surface area (Å²) >= 11 is 0. The van der Waals surface area contributed by atoms with Crippen LogP contribution < -0.4 is 15.8 Å². The summed E-state index contributed by atoms with van der Waals surface area (Å²) in [5.41, 5.74) is 6.70. The number of sulfonamides is 1. The Morgan fingerprint density at radius 3 is 2.55 bits per heavy atom. The second-order valence-electron chi connectivity index (χ2n) is 4.42. The monoisotopic (exact) mass is 300 g/mol. The van der Waals surface area contributed by atoms with Crippen molar-refractivity contribution >= 4 is 27.3 Å². The highest BCUT2D eigenvalue weighted by Gasteiger charge is 2.13. The molecule has 4 N–H and O–H groups in total. The summed E-state index contributed by atoms with van der Waals surface area (Å²) < 4.78 is 25.6. The molecular formula is C12H20N4O3S. The molecule has 0 spiro atoms. The maximum Gasteiger partial charge on any atom is 0.240 e. The number of rotatable bonds is 6. The van der Waals surface area contributed by atoms with Crippen molar-refractivity contribution in [3.05, 3.63) is 18.2 Å². The summed E-state index contributed by atoms with van der Waals surface area (Å²) in [7, 11) is 1.18. The quantitative estimate of drug-likeness (QED) is 0.645. The lowest BCUT2D eigenvalue weighted by molar-refractivity contribution is -0.128. The molecular weight excluding hydrogens is 280 g/mol. The molecule has 0 atom stereocenters. The number of hydrogen-bond acceptors (Lipinski definition) is 5. The number of benzene rings is 1. The van der Waals surface area contributed by atoms with E-state index in [-0.39, 0.29) is 10.8 Å². The van der Waals surface area contributed by atoms with Gasteiger partial charge in [0.05, 0.1) is 16.3 Å². The number of nitrogen functional groups attached to an aromatic ring is 1. The fourth-order valence-corrected chi connectivity index (χ4v) is 2.26. The summed E-state index contributed by atoms with van der Waals surface area (Å²) in [6, 6.07) is 4.39. The van der Waals surface area contributed by atoms with Crippen LogP contribution in [0.15, 0.2) is 23.1 Å². The van der Waals surface area contributed by atoms with Crippen molar-refractivity contribution in [1.82, 2.24) is 9.62 Å². The molecule has 0 heterocycles. The minimum Gasteiger partial charge on any atom is -0.397 e. The van der Waals surface area contributed by atoms with Crippen LogP contribution in [0.5, 0.6) is 0 Å². The van der Waals surface area contributed by atoms with Gasteiger partial charge in [-0.1, -0.05) is 0 Å². The van der Waals surface area contributed by atoms with Crippen LogP contribution in [0.25, 0.3) is 0 Å². The van der Waals surface area contributed by atoms with Crippen LogP contribution in [0.3, 0.4) is 0 Å². The fraction of sp³-hybridized carbons (Fsp3) is 0.417. The number of anilines is 2. The first-order valence-corrected chi connectivity index (χ1v) is 7.53. The minimum atomic E-state index is -3.51. The first-order chi connectivity index (χ1) is 9.27. The van der Waals surface area contributed by atoms with Crippen LogP contribution >= 0.6 is 0 Å². The Labute approximate surface area is 119 Å². The molecule has 1 amide bonds. The number of carbonyl (C=O) groups excluding carboxylic acids is 1. The Bertz CT molecular complexity index is 584. The average Bonchev–Trinajstić information content (AvgIpc) is 2.40. The highest BCUT2D eigenvalue weighted by atomic mass is 32.2. The van der Waals surface area contributed by atoms with Crippen LogP contribution in [-0.4, -0.2) is 46.9 Å². The molecule has 1 aromatic rings. The van der Waals surface area contributed by atoms with E-state index in [0.717, 1.165) is 0 Å². The van der Waals surface area contributed by atoms with Crippen LogP contribution in [-0.2, 0) is 14.8 Å². The van der Waals surface area contributed by atoms with Gasteiger partial charge in [0.25, 0.3) is 0 Å². The zero-order chi connectivity index (χ0) is 15.3. The van der Waals surface area contributed by atoms with Crippen molar-refractivity contribution in [2.24, 2.45) is 0 Å². The summed E-state index contributed by atoms with van der Waals surface area (Å²) in [6.07, 6.45) is 0.301. The van der Waals surface area contributed by atoms with Gasteiger partial charge in [-0.05, 0) is 25.2 Å². The number of hydrogen-bond donors (Lipinski definition) is 3. The van der Waals surface area contributed by atoms with Gasteiger partial charge < -0.3 is 16.0 Å². The van der Waals surface area contributed by atoms with E-state index in [1.807, 2.05) is 0 Å². The van der Waals surface area contributed by atoms with Gasteiger partial charge in [0.15, 0.2) is 0 Å². The van der Waals surface area contributed by atoms with E-state index in [4.69, 9.17) is 5.73 Å². The SMILES string of the molecule is CNS(=O)(=O)c1ccc(N)c(NCCC(=O)N(C)C)c1. The Hall–Kier alpha value is -1.80. The normalized spacial score (nSPS) is 11.2. The number of carbonyl (C=O) groups is 1.